The first kappa shape index (κ1) is 18.6. The van der Waals surface area contributed by atoms with Crippen LogP contribution < -0.4 is 5.32 Å². The van der Waals surface area contributed by atoms with Crippen molar-refractivity contribution in [3.8, 4) is 0 Å². The van der Waals surface area contributed by atoms with Crippen molar-refractivity contribution in [3.63, 3.8) is 0 Å². The average molecular weight is 387 g/mol. The molecule has 3 rings (SSSR count). The Morgan fingerprint density at radius 3 is 2.33 bits per heavy atom. The van der Waals surface area contributed by atoms with Crippen molar-refractivity contribution in [2.24, 2.45) is 0 Å². The van der Waals surface area contributed by atoms with Crippen LogP contribution in [0.4, 0.5) is 5.69 Å². The maximum atomic E-state index is 13.1. The number of rotatable bonds is 5. The number of nitrogens with one attached hydrogen (secondary N) is 1. The molecule has 0 fully saturated rings. The lowest BCUT2D eigenvalue weighted by molar-refractivity contribution is -0.384. The molecular weight excluding hydrogens is 370 g/mol. The van der Waals surface area contributed by atoms with E-state index in [1.54, 1.807) is 6.92 Å². The van der Waals surface area contributed by atoms with Crippen LogP contribution in [0.2, 0.25) is 0 Å². The molecule has 1 N–H and O–H groups in total. The van der Waals surface area contributed by atoms with Gasteiger partial charge < -0.3 is 5.32 Å². The van der Waals surface area contributed by atoms with Crippen molar-refractivity contribution in [3.05, 3.63) is 82.2 Å². The Balaban J connectivity index is 1.99. The Labute approximate surface area is 156 Å². The number of hydrogen-bond acceptors (Lipinski definition) is 5. The van der Waals surface area contributed by atoms with Gasteiger partial charge in [0.1, 0.15) is 6.04 Å². The van der Waals surface area contributed by atoms with E-state index >= 15 is 0 Å². The Kier molecular flexibility index (Phi) is 4.95. The monoisotopic (exact) mass is 387 g/mol. The summed E-state index contributed by atoms with van der Waals surface area (Å²) in [6, 6.07) is 12.7. The van der Waals surface area contributed by atoms with Crippen LogP contribution in [-0.4, -0.2) is 29.6 Å². The summed E-state index contributed by atoms with van der Waals surface area (Å²) >= 11 is 0. The molecule has 0 saturated carbocycles. The molecule has 0 spiro atoms. The van der Waals surface area contributed by atoms with Crippen LogP contribution in [0.15, 0.2) is 71.4 Å². The number of allylic oxidation sites excluding steroid dienone is 1. The second kappa shape index (κ2) is 7.20. The van der Waals surface area contributed by atoms with Gasteiger partial charge in [-0.05, 0) is 24.6 Å². The van der Waals surface area contributed by atoms with Gasteiger partial charge in [0.05, 0.1) is 9.82 Å². The van der Waals surface area contributed by atoms with E-state index in [1.807, 2.05) is 30.3 Å². The lowest BCUT2D eigenvalue weighted by Gasteiger charge is -2.33. The summed E-state index contributed by atoms with van der Waals surface area (Å²) in [5, 5.41) is 13.4. The third-order valence-corrected chi connectivity index (χ3v) is 5.93. The lowest BCUT2D eigenvalue weighted by Crippen LogP contribution is -2.51. The second-order valence-corrected chi connectivity index (χ2v) is 7.94. The number of amides is 1. The molecule has 9 heteroatoms. The normalized spacial score (nSPS) is 17.2. The standard InChI is InChI=1S/C18H17N3O5S/c1-13-12-20(17(18(22)19-13)11-14-5-3-2-4-6-14)27(25,26)16-9-7-15(8-10-16)21(23)24/h2-10,12,17H,11H2,1H3,(H,19,22)/t17-/m0/s1. The molecule has 1 aliphatic heterocycles. The van der Waals surface area contributed by atoms with Crippen molar-refractivity contribution in [2.45, 2.75) is 24.3 Å². The topological polar surface area (TPSA) is 110 Å². The maximum Gasteiger partial charge on any atom is 0.269 e. The van der Waals surface area contributed by atoms with Gasteiger partial charge in [0.15, 0.2) is 0 Å². The van der Waals surface area contributed by atoms with E-state index in [0.717, 1.165) is 22.0 Å². The Morgan fingerprint density at radius 1 is 1.11 bits per heavy atom. The third-order valence-electron chi connectivity index (χ3n) is 4.15. The zero-order valence-corrected chi connectivity index (χ0v) is 15.2. The highest BCUT2D eigenvalue weighted by Gasteiger charge is 2.37. The van der Waals surface area contributed by atoms with Crippen LogP contribution in [0.5, 0.6) is 0 Å². The van der Waals surface area contributed by atoms with E-state index in [0.29, 0.717) is 5.70 Å². The molecule has 0 aliphatic carbocycles. The number of nitro benzene ring substituents is 1. The van der Waals surface area contributed by atoms with Crippen LogP contribution in [0.3, 0.4) is 0 Å². The molecule has 2 aromatic carbocycles. The number of nitrogens with zero attached hydrogens (tertiary/aromatic N) is 2. The summed E-state index contributed by atoms with van der Waals surface area (Å²) in [7, 11) is -4.07. The summed E-state index contributed by atoms with van der Waals surface area (Å²) in [6.45, 7) is 1.59. The van der Waals surface area contributed by atoms with Crippen molar-refractivity contribution >= 4 is 21.6 Å². The zero-order chi connectivity index (χ0) is 19.6. The molecule has 140 valence electrons. The van der Waals surface area contributed by atoms with Crippen LogP contribution in [0.1, 0.15) is 12.5 Å². The van der Waals surface area contributed by atoms with Gasteiger partial charge in [-0.2, -0.15) is 0 Å². The molecule has 1 atom stereocenters. The first-order valence-electron chi connectivity index (χ1n) is 8.10. The fourth-order valence-electron chi connectivity index (χ4n) is 2.82. The van der Waals surface area contributed by atoms with Crippen LogP contribution in [0, 0.1) is 10.1 Å². The summed E-state index contributed by atoms with van der Waals surface area (Å²) in [4.78, 5) is 22.6. The number of benzene rings is 2. The van der Waals surface area contributed by atoms with E-state index in [4.69, 9.17) is 0 Å². The van der Waals surface area contributed by atoms with Gasteiger partial charge in [-0.15, -0.1) is 0 Å². The molecule has 0 bridgehead atoms. The molecule has 1 aliphatic rings. The molecule has 2 aromatic rings. The molecule has 8 nitrogen and oxygen atoms in total. The van der Waals surface area contributed by atoms with E-state index in [2.05, 4.69) is 5.32 Å². The van der Waals surface area contributed by atoms with Crippen molar-refractivity contribution < 1.29 is 18.1 Å². The number of non-ortho nitro benzene ring substituents is 1. The summed E-state index contributed by atoms with van der Waals surface area (Å²) in [6.07, 6.45) is 1.56. The van der Waals surface area contributed by atoms with Crippen LogP contribution in [-0.2, 0) is 21.2 Å². The van der Waals surface area contributed by atoms with Gasteiger partial charge in [-0.25, -0.2) is 8.42 Å². The molecule has 0 radical (unpaired) electrons. The summed E-state index contributed by atoms with van der Waals surface area (Å²) < 4.78 is 27.2. The summed E-state index contributed by atoms with van der Waals surface area (Å²) in [5.41, 5.74) is 1.00. The number of carbonyl (C=O) groups is 1. The maximum absolute atomic E-state index is 13.1. The minimum absolute atomic E-state index is 0.120. The third kappa shape index (κ3) is 3.82. The molecule has 1 heterocycles. The molecule has 27 heavy (non-hydrogen) atoms. The van der Waals surface area contributed by atoms with Gasteiger partial charge >= 0.3 is 0 Å². The van der Waals surface area contributed by atoms with E-state index in [-0.39, 0.29) is 17.0 Å². The van der Waals surface area contributed by atoms with Gasteiger partial charge in [0, 0.05) is 30.5 Å². The Hall–Kier alpha value is -3.20. The van der Waals surface area contributed by atoms with Crippen LogP contribution >= 0.6 is 0 Å². The highest BCUT2D eigenvalue weighted by molar-refractivity contribution is 7.89. The SMILES string of the molecule is CC1=CN(S(=O)(=O)c2ccc([N+](=O)[O-])cc2)[C@@H](Cc2ccccc2)C(=O)N1. The zero-order valence-electron chi connectivity index (χ0n) is 14.4. The summed E-state index contributed by atoms with van der Waals surface area (Å²) in [5.74, 6) is -0.427. The second-order valence-electron chi connectivity index (χ2n) is 6.09. The molecule has 0 aromatic heterocycles. The largest absolute Gasteiger partial charge is 0.327 e. The van der Waals surface area contributed by atoms with Gasteiger partial charge in [0.25, 0.3) is 15.7 Å². The molecule has 0 saturated heterocycles. The molecular formula is C18H17N3O5S. The number of carbonyl (C=O) groups excluding carboxylic acids is 1. The van der Waals surface area contributed by atoms with Gasteiger partial charge in [-0.1, -0.05) is 30.3 Å². The number of nitro groups is 1. The minimum Gasteiger partial charge on any atom is -0.327 e. The smallest absolute Gasteiger partial charge is 0.269 e. The van der Waals surface area contributed by atoms with Crippen LogP contribution in [0.25, 0.3) is 0 Å². The predicted molar refractivity (Wildman–Crippen MR) is 98.0 cm³/mol. The first-order chi connectivity index (χ1) is 12.8. The van der Waals surface area contributed by atoms with Crippen molar-refractivity contribution in [2.75, 3.05) is 0 Å². The van der Waals surface area contributed by atoms with Crippen molar-refractivity contribution in [1.82, 2.24) is 9.62 Å². The van der Waals surface area contributed by atoms with E-state index < -0.39 is 26.9 Å². The van der Waals surface area contributed by atoms with Crippen molar-refractivity contribution in [1.29, 1.82) is 0 Å². The highest BCUT2D eigenvalue weighted by atomic mass is 32.2. The van der Waals surface area contributed by atoms with E-state index in [1.165, 1.54) is 18.3 Å². The lowest BCUT2D eigenvalue weighted by atomic mass is 10.0. The predicted octanol–water partition coefficient (Wildman–Crippen LogP) is 2.19. The minimum atomic E-state index is -4.07. The molecule has 0 unspecified atom stereocenters. The average Bonchev–Trinajstić information content (AvgIpc) is 2.64. The quantitative estimate of drug-likeness (QED) is 0.625. The van der Waals surface area contributed by atoms with Gasteiger partial charge in [-0.3, -0.25) is 19.2 Å². The van der Waals surface area contributed by atoms with E-state index in [9.17, 15) is 23.3 Å². The Morgan fingerprint density at radius 2 is 1.74 bits per heavy atom. The fraction of sp³-hybridized carbons (Fsp3) is 0.167. The Bertz CT molecular complexity index is 1000. The number of sulfonamides is 1. The van der Waals surface area contributed by atoms with Gasteiger partial charge in [0.2, 0.25) is 5.91 Å². The number of hydrogen-bond donors (Lipinski definition) is 1. The fourth-order valence-corrected chi connectivity index (χ4v) is 4.35. The highest BCUT2D eigenvalue weighted by Crippen LogP contribution is 2.25. The first-order valence-corrected chi connectivity index (χ1v) is 9.54. The molecule has 1 amide bonds.